The van der Waals surface area contributed by atoms with Crippen molar-refractivity contribution in [2.24, 2.45) is 7.05 Å². The average molecular weight is 538 g/mol. The fourth-order valence-corrected chi connectivity index (χ4v) is 3.38. The molecule has 0 saturated heterocycles. The van der Waals surface area contributed by atoms with Crippen molar-refractivity contribution in [3.63, 3.8) is 0 Å². The minimum atomic E-state index is -2.32. The van der Waals surface area contributed by atoms with Crippen LogP contribution in [-0.2, 0) is 20.2 Å². The van der Waals surface area contributed by atoms with Crippen molar-refractivity contribution in [2.45, 2.75) is 27.0 Å². The molecule has 0 unspecified atom stereocenters. The van der Waals surface area contributed by atoms with Crippen molar-refractivity contribution < 1.29 is 40.7 Å². The van der Waals surface area contributed by atoms with Crippen LogP contribution in [0.15, 0.2) is 28.9 Å². The van der Waals surface area contributed by atoms with Crippen LogP contribution in [0, 0.1) is 36.0 Å². The molecule has 4 aromatic rings. The number of rotatable bonds is 8. The van der Waals surface area contributed by atoms with E-state index in [9.17, 15) is 31.5 Å². The lowest BCUT2D eigenvalue weighted by Crippen LogP contribution is -2.21. The predicted octanol–water partition coefficient (Wildman–Crippen LogP) is 4.32. The van der Waals surface area contributed by atoms with Gasteiger partial charge in [0.2, 0.25) is 29.1 Å². The zero-order valence-electron chi connectivity index (χ0n) is 20.0. The fraction of sp³-hybridized carbons (Fsp3) is 0.217. The number of carbonyl (C=O) groups excluding carboxylic acids is 2. The van der Waals surface area contributed by atoms with E-state index in [2.05, 4.69) is 20.8 Å². The van der Waals surface area contributed by atoms with Crippen LogP contribution in [0.1, 0.15) is 39.4 Å². The normalized spacial score (nSPS) is 11.1. The van der Waals surface area contributed by atoms with E-state index < -0.39 is 53.3 Å². The number of hydrogen-bond acceptors (Lipinski definition) is 6. The summed E-state index contributed by atoms with van der Waals surface area (Å²) in [6.07, 6.45) is 2.74. The molecular formula is C23H19F5N6O4. The third kappa shape index (κ3) is 4.81. The fourth-order valence-electron chi connectivity index (χ4n) is 3.38. The van der Waals surface area contributed by atoms with Gasteiger partial charge >= 0.3 is 0 Å². The smallest absolute Gasteiger partial charge is 0.291 e. The van der Waals surface area contributed by atoms with E-state index in [-0.39, 0.29) is 22.9 Å². The van der Waals surface area contributed by atoms with Gasteiger partial charge in [-0.1, -0.05) is 0 Å². The number of nitrogens with one attached hydrogen (secondary N) is 2. The molecule has 0 bridgehead atoms. The summed E-state index contributed by atoms with van der Waals surface area (Å²) in [5.41, 5.74) is 1.27. The van der Waals surface area contributed by atoms with Gasteiger partial charge in [-0.2, -0.15) is 19.0 Å². The van der Waals surface area contributed by atoms with Crippen LogP contribution in [0.4, 0.5) is 33.3 Å². The maximum atomic E-state index is 13.8. The minimum Gasteiger partial charge on any atom is -0.479 e. The Labute approximate surface area is 211 Å². The molecule has 2 amide bonds. The van der Waals surface area contributed by atoms with Gasteiger partial charge in [0.15, 0.2) is 11.5 Å². The number of aryl methyl sites for hydroxylation is 2. The van der Waals surface area contributed by atoms with Gasteiger partial charge in [-0.3, -0.25) is 19.0 Å². The quantitative estimate of drug-likeness (QED) is 0.196. The van der Waals surface area contributed by atoms with Crippen LogP contribution in [-0.4, -0.2) is 31.4 Å². The first kappa shape index (κ1) is 26.4. The van der Waals surface area contributed by atoms with E-state index in [4.69, 9.17) is 9.15 Å². The number of benzene rings is 1. The Morgan fingerprint density at radius 2 is 1.53 bits per heavy atom. The standard InChI is InChI=1S/C23H19F5N6O4/c1-4-34-20(23(36)31-12-7-29-33(3)10(12)2)13(8-30-34)32-22(35)14-6-5-11(38-14)9-37-21-18(27)16(25)15(24)17(26)19(21)28/h5-8H,4,9H2,1-3H3,(H,31,36)(H,32,35). The number of ether oxygens (including phenoxy) is 1. The molecule has 0 saturated carbocycles. The molecule has 200 valence electrons. The molecule has 0 atom stereocenters. The van der Waals surface area contributed by atoms with Gasteiger partial charge in [-0.25, -0.2) is 13.2 Å². The number of anilines is 2. The number of hydrogen-bond donors (Lipinski definition) is 2. The first-order chi connectivity index (χ1) is 18.0. The molecule has 3 aromatic heterocycles. The van der Waals surface area contributed by atoms with Gasteiger partial charge in [0.05, 0.1) is 29.5 Å². The van der Waals surface area contributed by atoms with E-state index in [0.717, 1.165) is 0 Å². The summed E-state index contributed by atoms with van der Waals surface area (Å²) < 4.78 is 80.4. The highest BCUT2D eigenvalue weighted by Crippen LogP contribution is 2.30. The number of furan rings is 1. The molecule has 1 aromatic carbocycles. The SMILES string of the molecule is CCn1ncc(NC(=O)c2ccc(COc3c(F)c(F)c(F)c(F)c3F)o2)c1C(=O)Nc1cnn(C)c1C. The maximum Gasteiger partial charge on any atom is 0.291 e. The lowest BCUT2D eigenvalue weighted by Gasteiger charge is -2.10. The number of nitrogens with zero attached hydrogens (tertiary/aromatic N) is 4. The van der Waals surface area contributed by atoms with Gasteiger partial charge < -0.3 is 19.8 Å². The second-order valence-electron chi connectivity index (χ2n) is 7.85. The highest BCUT2D eigenvalue weighted by atomic mass is 19.2. The predicted molar refractivity (Wildman–Crippen MR) is 121 cm³/mol. The van der Waals surface area contributed by atoms with E-state index in [1.165, 1.54) is 29.2 Å². The molecule has 0 aliphatic carbocycles. The number of aromatic nitrogens is 4. The van der Waals surface area contributed by atoms with Crippen LogP contribution < -0.4 is 15.4 Å². The molecule has 0 spiro atoms. The summed E-state index contributed by atoms with van der Waals surface area (Å²) in [5.74, 6) is -14.3. The largest absolute Gasteiger partial charge is 0.479 e. The summed E-state index contributed by atoms with van der Waals surface area (Å²) >= 11 is 0. The topological polar surface area (TPSA) is 116 Å². The molecule has 10 nitrogen and oxygen atoms in total. The first-order valence-electron chi connectivity index (χ1n) is 10.9. The molecule has 0 radical (unpaired) electrons. The van der Waals surface area contributed by atoms with Crippen LogP contribution in [0.2, 0.25) is 0 Å². The number of carbonyl (C=O) groups is 2. The molecule has 38 heavy (non-hydrogen) atoms. The Morgan fingerprint density at radius 3 is 2.13 bits per heavy atom. The number of amides is 2. The zero-order chi connectivity index (χ0) is 27.7. The Hall–Kier alpha value is -4.69. The average Bonchev–Trinajstić information content (AvgIpc) is 3.62. The Balaban J connectivity index is 1.48. The van der Waals surface area contributed by atoms with Gasteiger partial charge in [-0.05, 0) is 26.0 Å². The Bertz CT molecular complexity index is 1510. The highest BCUT2D eigenvalue weighted by Gasteiger charge is 2.27. The van der Waals surface area contributed by atoms with Gasteiger partial charge in [0.1, 0.15) is 18.1 Å². The second-order valence-corrected chi connectivity index (χ2v) is 7.85. The second kappa shape index (κ2) is 10.4. The molecule has 0 aliphatic rings. The number of halogens is 5. The molecule has 0 aliphatic heterocycles. The molecule has 2 N–H and O–H groups in total. The van der Waals surface area contributed by atoms with Crippen LogP contribution in [0.5, 0.6) is 5.75 Å². The first-order valence-corrected chi connectivity index (χ1v) is 10.9. The van der Waals surface area contributed by atoms with Crippen LogP contribution in [0.3, 0.4) is 0 Å². The summed E-state index contributed by atoms with van der Waals surface area (Å²) in [5, 5.41) is 13.3. The van der Waals surface area contributed by atoms with E-state index in [0.29, 0.717) is 17.9 Å². The summed E-state index contributed by atoms with van der Waals surface area (Å²) in [6, 6.07) is 2.39. The molecule has 3 heterocycles. The highest BCUT2D eigenvalue weighted by molar-refractivity contribution is 6.11. The lowest BCUT2D eigenvalue weighted by molar-refractivity contribution is 0.0992. The summed E-state index contributed by atoms with van der Waals surface area (Å²) in [4.78, 5) is 25.7. The van der Waals surface area contributed by atoms with Gasteiger partial charge in [0, 0.05) is 13.6 Å². The monoisotopic (exact) mass is 538 g/mol. The zero-order valence-corrected chi connectivity index (χ0v) is 20.0. The van der Waals surface area contributed by atoms with Crippen molar-refractivity contribution in [1.29, 1.82) is 0 Å². The molecule has 4 rings (SSSR count). The third-order valence-electron chi connectivity index (χ3n) is 5.50. The van der Waals surface area contributed by atoms with Crippen LogP contribution >= 0.6 is 0 Å². The van der Waals surface area contributed by atoms with Crippen molar-refractivity contribution in [3.05, 3.63) is 76.5 Å². The summed E-state index contributed by atoms with van der Waals surface area (Å²) in [7, 11) is 1.71. The molecule has 15 heteroatoms. The molecular weight excluding hydrogens is 519 g/mol. The summed E-state index contributed by atoms with van der Waals surface area (Å²) in [6.45, 7) is 3.06. The Morgan fingerprint density at radius 1 is 0.921 bits per heavy atom. The van der Waals surface area contributed by atoms with Gasteiger partial charge in [0.25, 0.3) is 11.8 Å². The third-order valence-corrected chi connectivity index (χ3v) is 5.50. The van der Waals surface area contributed by atoms with Crippen molar-refractivity contribution in [3.8, 4) is 5.75 Å². The molecule has 0 fully saturated rings. The lowest BCUT2D eigenvalue weighted by atomic mass is 10.2. The van der Waals surface area contributed by atoms with Gasteiger partial charge in [-0.15, -0.1) is 0 Å². The van der Waals surface area contributed by atoms with Crippen molar-refractivity contribution in [1.82, 2.24) is 19.6 Å². The minimum absolute atomic E-state index is 0.0468. The maximum absolute atomic E-state index is 13.8. The Kier molecular flexibility index (Phi) is 7.19. The van der Waals surface area contributed by atoms with Crippen molar-refractivity contribution in [2.75, 3.05) is 10.6 Å². The van der Waals surface area contributed by atoms with E-state index in [1.807, 2.05) is 0 Å². The van der Waals surface area contributed by atoms with Crippen LogP contribution in [0.25, 0.3) is 0 Å². The van der Waals surface area contributed by atoms with E-state index >= 15 is 0 Å². The van der Waals surface area contributed by atoms with Crippen molar-refractivity contribution >= 4 is 23.2 Å². The van der Waals surface area contributed by atoms with E-state index in [1.54, 1.807) is 25.6 Å².